The molecule has 128 valence electrons. The van der Waals surface area contributed by atoms with Crippen LogP contribution in [0.5, 0.6) is 0 Å². The Labute approximate surface area is 146 Å². The van der Waals surface area contributed by atoms with Gasteiger partial charge in [0.1, 0.15) is 0 Å². The molecule has 0 bridgehead atoms. The number of hydrogen-bond donors (Lipinski definition) is 1. The number of aromatic nitrogens is 2. The van der Waals surface area contributed by atoms with Gasteiger partial charge in [0, 0.05) is 16.5 Å². The van der Waals surface area contributed by atoms with E-state index in [2.05, 4.69) is 15.5 Å². The van der Waals surface area contributed by atoms with Gasteiger partial charge in [-0.1, -0.05) is 23.5 Å². The summed E-state index contributed by atoms with van der Waals surface area (Å²) in [6.45, 7) is 1.74. The van der Waals surface area contributed by atoms with Crippen molar-refractivity contribution in [3.8, 4) is 0 Å². The first-order valence-electron chi connectivity index (χ1n) is 7.37. The van der Waals surface area contributed by atoms with Crippen LogP contribution in [0.15, 0.2) is 38.8 Å². The second-order valence-corrected chi connectivity index (χ2v) is 7.69. The molecule has 1 atom stereocenters. The van der Waals surface area contributed by atoms with Gasteiger partial charge >= 0.3 is 0 Å². The van der Waals surface area contributed by atoms with E-state index < -0.39 is 11.0 Å². The van der Waals surface area contributed by atoms with Crippen molar-refractivity contribution < 1.29 is 18.0 Å². The lowest BCUT2D eigenvalue weighted by atomic mass is 10.3. The SMILES string of the molecule is C[C@@H](Sc1nnc(C2CC2)o1)C(=O)Nc1ccc(SC(F)F)cc1. The van der Waals surface area contributed by atoms with E-state index in [0.717, 1.165) is 12.8 Å². The lowest BCUT2D eigenvalue weighted by molar-refractivity contribution is -0.115. The molecule has 0 saturated heterocycles. The van der Waals surface area contributed by atoms with Gasteiger partial charge in [-0.2, -0.15) is 8.78 Å². The molecule has 1 N–H and O–H groups in total. The lowest BCUT2D eigenvalue weighted by Crippen LogP contribution is -2.22. The van der Waals surface area contributed by atoms with Gasteiger partial charge in [-0.3, -0.25) is 4.79 Å². The molecular weight excluding hydrogens is 356 g/mol. The van der Waals surface area contributed by atoms with Crippen molar-refractivity contribution in [3.05, 3.63) is 30.2 Å². The molecule has 1 aliphatic rings. The number of nitrogens with one attached hydrogen (secondary N) is 1. The standard InChI is InChI=1S/C15H15F2N3O2S2/c1-8(23-15-20-19-13(22-15)9-2-3-9)12(21)18-10-4-6-11(7-5-10)24-14(16)17/h4-9,14H,2-3H2,1H3,(H,18,21)/t8-/m1/s1. The van der Waals surface area contributed by atoms with Gasteiger partial charge in [0.2, 0.25) is 11.8 Å². The molecule has 0 spiro atoms. The minimum absolute atomic E-state index is 0.222. The summed E-state index contributed by atoms with van der Waals surface area (Å²) in [7, 11) is 0. The summed E-state index contributed by atoms with van der Waals surface area (Å²) in [4.78, 5) is 12.6. The van der Waals surface area contributed by atoms with Gasteiger partial charge in [0.15, 0.2) is 0 Å². The maximum absolute atomic E-state index is 12.3. The van der Waals surface area contributed by atoms with Gasteiger partial charge in [-0.05, 0) is 44.0 Å². The minimum Gasteiger partial charge on any atom is -0.416 e. The quantitative estimate of drug-likeness (QED) is 0.729. The topological polar surface area (TPSA) is 68.0 Å². The number of thioether (sulfide) groups is 2. The van der Waals surface area contributed by atoms with Crippen molar-refractivity contribution in [2.75, 3.05) is 5.32 Å². The number of carbonyl (C=O) groups is 1. The summed E-state index contributed by atoms with van der Waals surface area (Å²) < 4.78 is 30.1. The molecule has 1 aliphatic carbocycles. The highest BCUT2D eigenvalue weighted by molar-refractivity contribution is 8.00. The van der Waals surface area contributed by atoms with E-state index in [0.29, 0.717) is 39.4 Å². The number of anilines is 1. The molecule has 9 heteroatoms. The second-order valence-electron chi connectivity index (χ2n) is 5.33. The van der Waals surface area contributed by atoms with Crippen LogP contribution in [0.2, 0.25) is 0 Å². The second kappa shape index (κ2) is 7.52. The summed E-state index contributed by atoms with van der Waals surface area (Å²) >= 11 is 1.66. The monoisotopic (exact) mass is 371 g/mol. The molecule has 1 saturated carbocycles. The van der Waals surface area contributed by atoms with Crippen LogP contribution < -0.4 is 5.32 Å². The van der Waals surface area contributed by atoms with Crippen LogP contribution in [-0.4, -0.2) is 27.1 Å². The third kappa shape index (κ3) is 4.70. The number of hydrogen-bond acceptors (Lipinski definition) is 6. The Morgan fingerprint density at radius 2 is 1.96 bits per heavy atom. The molecule has 24 heavy (non-hydrogen) atoms. The van der Waals surface area contributed by atoms with E-state index in [1.165, 1.54) is 11.8 Å². The predicted octanol–water partition coefficient (Wildman–Crippen LogP) is 4.38. The number of carbonyl (C=O) groups excluding carboxylic acids is 1. The highest BCUT2D eigenvalue weighted by Gasteiger charge is 2.30. The fourth-order valence-corrected chi connectivity index (χ4v) is 3.12. The molecule has 5 nitrogen and oxygen atoms in total. The van der Waals surface area contributed by atoms with Crippen molar-refractivity contribution in [1.29, 1.82) is 0 Å². The largest absolute Gasteiger partial charge is 0.416 e. The van der Waals surface area contributed by atoms with Crippen molar-refractivity contribution in [1.82, 2.24) is 10.2 Å². The van der Waals surface area contributed by atoms with E-state index in [4.69, 9.17) is 4.42 Å². The Morgan fingerprint density at radius 3 is 2.58 bits per heavy atom. The molecule has 1 heterocycles. The fourth-order valence-electron chi connectivity index (χ4n) is 1.93. The highest BCUT2D eigenvalue weighted by Crippen LogP contribution is 2.40. The molecule has 0 aliphatic heterocycles. The molecule has 2 aromatic rings. The van der Waals surface area contributed by atoms with Crippen molar-refractivity contribution >= 4 is 35.1 Å². The van der Waals surface area contributed by atoms with Crippen LogP contribution in [0.3, 0.4) is 0 Å². The maximum atomic E-state index is 12.3. The molecule has 3 rings (SSSR count). The third-order valence-corrected chi connectivity index (χ3v) is 5.00. The molecular formula is C15H15F2N3O2S2. The van der Waals surface area contributed by atoms with Crippen molar-refractivity contribution in [3.63, 3.8) is 0 Å². The normalized spacial score (nSPS) is 15.5. The van der Waals surface area contributed by atoms with Gasteiger partial charge < -0.3 is 9.73 Å². The first-order valence-corrected chi connectivity index (χ1v) is 9.13. The number of alkyl halides is 2. The van der Waals surface area contributed by atoms with Gasteiger partial charge in [0.05, 0.1) is 5.25 Å². The zero-order valence-corrected chi connectivity index (χ0v) is 14.4. The van der Waals surface area contributed by atoms with Crippen molar-refractivity contribution in [2.45, 2.75) is 46.8 Å². The Bertz CT molecular complexity index is 705. The van der Waals surface area contributed by atoms with E-state index in [9.17, 15) is 13.6 Å². The molecule has 0 radical (unpaired) electrons. The minimum atomic E-state index is -2.46. The van der Waals surface area contributed by atoms with E-state index in [-0.39, 0.29) is 5.91 Å². The summed E-state index contributed by atoms with van der Waals surface area (Å²) in [5.41, 5.74) is 0.551. The Kier molecular flexibility index (Phi) is 5.40. The van der Waals surface area contributed by atoms with Crippen LogP contribution in [0.25, 0.3) is 0 Å². The number of rotatable bonds is 7. The van der Waals surface area contributed by atoms with Crippen molar-refractivity contribution in [2.24, 2.45) is 0 Å². The molecule has 1 aromatic heterocycles. The smallest absolute Gasteiger partial charge is 0.288 e. The average molecular weight is 371 g/mol. The third-order valence-electron chi connectivity index (χ3n) is 3.34. The number of halogens is 2. The van der Waals surface area contributed by atoms with Gasteiger partial charge in [0.25, 0.3) is 11.0 Å². The van der Waals surface area contributed by atoms with Gasteiger partial charge in [-0.25, -0.2) is 0 Å². The average Bonchev–Trinajstić information content (AvgIpc) is 3.29. The van der Waals surface area contributed by atoms with Crippen LogP contribution in [0.1, 0.15) is 31.6 Å². The molecule has 1 aromatic carbocycles. The Morgan fingerprint density at radius 1 is 1.25 bits per heavy atom. The van der Waals surface area contributed by atoms with Crippen LogP contribution in [0.4, 0.5) is 14.5 Å². The fraction of sp³-hybridized carbons (Fsp3) is 0.400. The first-order chi connectivity index (χ1) is 11.5. The number of amides is 1. The Balaban J connectivity index is 1.53. The lowest BCUT2D eigenvalue weighted by Gasteiger charge is -2.10. The maximum Gasteiger partial charge on any atom is 0.288 e. The first kappa shape index (κ1) is 17.2. The molecule has 1 amide bonds. The van der Waals surface area contributed by atoms with E-state index in [1.807, 2.05) is 0 Å². The predicted molar refractivity (Wildman–Crippen MR) is 88.5 cm³/mol. The number of benzene rings is 1. The summed E-state index contributed by atoms with van der Waals surface area (Å²) in [6.07, 6.45) is 2.14. The summed E-state index contributed by atoms with van der Waals surface area (Å²) in [5.74, 6) is -1.67. The van der Waals surface area contributed by atoms with Crippen LogP contribution in [-0.2, 0) is 4.79 Å². The van der Waals surface area contributed by atoms with E-state index in [1.54, 1.807) is 31.2 Å². The van der Waals surface area contributed by atoms with Gasteiger partial charge in [-0.15, -0.1) is 10.2 Å². The zero-order valence-electron chi connectivity index (χ0n) is 12.7. The van der Waals surface area contributed by atoms with Crippen LogP contribution in [0, 0.1) is 0 Å². The highest BCUT2D eigenvalue weighted by atomic mass is 32.2. The zero-order chi connectivity index (χ0) is 17.1. The van der Waals surface area contributed by atoms with Crippen LogP contribution >= 0.6 is 23.5 Å². The molecule has 1 fully saturated rings. The Hall–Kier alpha value is -1.61. The van der Waals surface area contributed by atoms with E-state index >= 15 is 0 Å². The molecule has 0 unspecified atom stereocenters. The number of nitrogens with zero attached hydrogens (tertiary/aromatic N) is 2. The summed E-state index contributed by atoms with van der Waals surface area (Å²) in [6, 6.07) is 6.28. The summed E-state index contributed by atoms with van der Waals surface area (Å²) in [5, 5.41) is 10.6.